The van der Waals surface area contributed by atoms with Crippen LogP contribution in [0.25, 0.3) is 0 Å². The largest absolute Gasteiger partial charge is 0.480 e. The summed E-state index contributed by atoms with van der Waals surface area (Å²) in [6.45, 7) is 2.83. The zero-order valence-corrected chi connectivity index (χ0v) is 11.6. The van der Waals surface area contributed by atoms with E-state index in [4.69, 9.17) is 5.11 Å². The minimum atomic E-state index is -1.29. The Morgan fingerprint density at radius 2 is 2.00 bits per heavy atom. The number of hydrogen-bond donors (Lipinski definition) is 2. The maximum absolute atomic E-state index is 13.3. The predicted octanol–water partition coefficient (Wildman–Crippen LogP) is 2.29. The summed E-state index contributed by atoms with van der Waals surface area (Å²) in [6.07, 6.45) is 0.135. The quantitative estimate of drug-likeness (QED) is 0.787. The van der Waals surface area contributed by atoms with Crippen LogP contribution in [0.3, 0.4) is 0 Å². The number of amides is 1. The SMILES string of the molecule is CC(C)(NC(=O)CCSc1ccccc1F)C(=O)O. The molecule has 0 bridgehead atoms. The Bertz CT molecular complexity index is 477. The highest BCUT2D eigenvalue weighted by Gasteiger charge is 2.28. The summed E-state index contributed by atoms with van der Waals surface area (Å²) < 4.78 is 13.3. The normalized spacial score (nSPS) is 11.1. The molecule has 4 nitrogen and oxygen atoms in total. The molecule has 0 saturated carbocycles. The second-order valence-electron chi connectivity index (χ2n) is 4.51. The topological polar surface area (TPSA) is 66.4 Å². The van der Waals surface area contributed by atoms with E-state index in [1.54, 1.807) is 18.2 Å². The van der Waals surface area contributed by atoms with Gasteiger partial charge in [-0.3, -0.25) is 4.79 Å². The van der Waals surface area contributed by atoms with Crippen LogP contribution in [0.5, 0.6) is 0 Å². The number of thioether (sulfide) groups is 1. The van der Waals surface area contributed by atoms with Crippen molar-refractivity contribution >= 4 is 23.6 Å². The zero-order valence-electron chi connectivity index (χ0n) is 10.8. The van der Waals surface area contributed by atoms with Crippen LogP contribution < -0.4 is 5.32 Å². The highest BCUT2D eigenvalue weighted by Crippen LogP contribution is 2.21. The van der Waals surface area contributed by atoms with Crippen molar-refractivity contribution in [3.05, 3.63) is 30.1 Å². The lowest BCUT2D eigenvalue weighted by molar-refractivity contribution is -0.145. The van der Waals surface area contributed by atoms with Crippen LogP contribution >= 0.6 is 11.8 Å². The smallest absolute Gasteiger partial charge is 0.328 e. The molecule has 0 fully saturated rings. The van der Waals surface area contributed by atoms with Crippen LogP contribution in [0.4, 0.5) is 4.39 Å². The molecule has 2 N–H and O–H groups in total. The average molecular weight is 285 g/mol. The van der Waals surface area contributed by atoms with Gasteiger partial charge in [-0.25, -0.2) is 9.18 Å². The van der Waals surface area contributed by atoms with Gasteiger partial charge in [0, 0.05) is 17.1 Å². The highest BCUT2D eigenvalue weighted by molar-refractivity contribution is 7.99. The molecule has 1 aromatic carbocycles. The Morgan fingerprint density at radius 3 is 2.58 bits per heavy atom. The number of rotatable bonds is 6. The lowest BCUT2D eigenvalue weighted by Gasteiger charge is -2.20. The second-order valence-corrected chi connectivity index (χ2v) is 5.64. The van der Waals surface area contributed by atoms with Gasteiger partial charge in [-0.1, -0.05) is 12.1 Å². The molecule has 0 radical (unpaired) electrons. The molecule has 0 unspecified atom stereocenters. The number of nitrogens with one attached hydrogen (secondary N) is 1. The Balaban J connectivity index is 2.40. The second kappa shape index (κ2) is 6.56. The summed E-state index contributed by atoms with van der Waals surface area (Å²) in [5.74, 6) is -1.39. The van der Waals surface area contributed by atoms with Gasteiger partial charge in [0.2, 0.25) is 5.91 Å². The average Bonchev–Trinajstić information content (AvgIpc) is 2.30. The van der Waals surface area contributed by atoms with Crippen LogP contribution in [0, 0.1) is 5.82 Å². The van der Waals surface area contributed by atoms with Crippen LogP contribution in [0.1, 0.15) is 20.3 Å². The van der Waals surface area contributed by atoms with E-state index >= 15 is 0 Å². The number of aliphatic carboxylic acids is 1. The Morgan fingerprint density at radius 1 is 1.37 bits per heavy atom. The van der Waals surface area contributed by atoms with E-state index in [2.05, 4.69) is 5.32 Å². The van der Waals surface area contributed by atoms with Crippen molar-refractivity contribution in [2.75, 3.05) is 5.75 Å². The molecule has 0 spiro atoms. The van der Waals surface area contributed by atoms with E-state index in [0.29, 0.717) is 10.6 Å². The zero-order chi connectivity index (χ0) is 14.5. The predicted molar refractivity (Wildman–Crippen MR) is 71.6 cm³/mol. The van der Waals surface area contributed by atoms with E-state index in [9.17, 15) is 14.0 Å². The maximum Gasteiger partial charge on any atom is 0.328 e. The van der Waals surface area contributed by atoms with E-state index in [-0.39, 0.29) is 18.1 Å². The fourth-order valence-corrected chi connectivity index (χ4v) is 2.17. The number of hydrogen-bond acceptors (Lipinski definition) is 3. The first-order chi connectivity index (χ1) is 8.83. The third-order valence-electron chi connectivity index (χ3n) is 2.41. The Hall–Kier alpha value is -1.56. The molecule has 0 saturated heterocycles. The van der Waals surface area contributed by atoms with E-state index in [0.717, 1.165) is 0 Å². The highest BCUT2D eigenvalue weighted by atomic mass is 32.2. The van der Waals surface area contributed by atoms with Gasteiger partial charge >= 0.3 is 5.97 Å². The summed E-state index contributed by atoms with van der Waals surface area (Å²) in [4.78, 5) is 22.9. The van der Waals surface area contributed by atoms with Crippen molar-refractivity contribution in [1.82, 2.24) is 5.32 Å². The van der Waals surface area contributed by atoms with Gasteiger partial charge in [0.25, 0.3) is 0 Å². The summed E-state index contributed by atoms with van der Waals surface area (Å²) in [7, 11) is 0. The van der Waals surface area contributed by atoms with Crippen molar-refractivity contribution in [3.8, 4) is 0 Å². The molecule has 0 aliphatic rings. The van der Waals surface area contributed by atoms with Gasteiger partial charge in [0.1, 0.15) is 11.4 Å². The van der Waals surface area contributed by atoms with Gasteiger partial charge in [-0.05, 0) is 26.0 Å². The summed E-state index contributed by atoms with van der Waals surface area (Å²) in [5, 5.41) is 11.3. The van der Waals surface area contributed by atoms with Crippen LogP contribution in [0.2, 0.25) is 0 Å². The minimum absolute atomic E-state index is 0.135. The monoisotopic (exact) mass is 285 g/mol. The van der Waals surface area contributed by atoms with E-state index in [1.165, 1.54) is 31.7 Å². The summed E-state index contributed by atoms with van der Waals surface area (Å²) in [5.41, 5.74) is -1.29. The third-order valence-corrected chi connectivity index (χ3v) is 3.46. The molecule has 19 heavy (non-hydrogen) atoms. The van der Waals surface area contributed by atoms with Gasteiger partial charge < -0.3 is 10.4 Å². The van der Waals surface area contributed by atoms with Gasteiger partial charge in [0.05, 0.1) is 0 Å². The molecule has 0 aliphatic carbocycles. The van der Waals surface area contributed by atoms with Crippen LogP contribution in [-0.4, -0.2) is 28.3 Å². The number of carbonyl (C=O) groups is 2. The molecule has 1 rings (SSSR count). The lowest BCUT2D eigenvalue weighted by atomic mass is 10.1. The molecular formula is C13H16FNO3S. The number of benzene rings is 1. The van der Waals surface area contributed by atoms with Crippen molar-refractivity contribution in [2.45, 2.75) is 30.7 Å². The van der Waals surface area contributed by atoms with Crippen LogP contribution in [0.15, 0.2) is 29.2 Å². The van der Waals surface area contributed by atoms with Gasteiger partial charge in [-0.2, -0.15) is 0 Å². The van der Waals surface area contributed by atoms with E-state index < -0.39 is 11.5 Å². The molecule has 0 aliphatic heterocycles. The molecule has 1 aromatic rings. The molecular weight excluding hydrogens is 269 g/mol. The molecule has 6 heteroatoms. The Kier molecular flexibility index (Phi) is 5.35. The molecule has 0 heterocycles. The Labute approximate surface area is 115 Å². The third kappa shape index (κ3) is 4.90. The summed E-state index contributed by atoms with van der Waals surface area (Å²) >= 11 is 1.23. The number of carbonyl (C=O) groups excluding carboxylic acids is 1. The van der Waals surface area contributed by atoms with Gasteiger partial charge in [0.15, 0.2) is 0 Å². The minimum Gasteiger partial charge on any atom is -0.480 e. The standard InChI is InChI=1S/C13H16FNO3S/c1-13(2,12(17)18)15-11(16)7-8-19-10-6-4-3-5-9(10)14/h3-6H,7-8H2,1-2H3,(H,15,16)(H,17,18). The molecule has 0 aromatic heterocycles. The van der Waals surface area contributed by atoms with Crippen LogP contribution in [-0.2, 0) is 9.59 Å². The molecule has 104 valence electrons. The number of carboxylic acid groups (broad SMARTS) is 1. The number of carboxylic acids is 1. The van der Waals surface area contributed by atoms with Crippen molar-refractivity contribution < 1.29 is 19.1 Å². The van der Waals surface area contributed by atoms with E-state index in [1.807, 2.05) is 0 Å². The van der Waals surface area contributed by atoms with Crippen molar-refractivity contribution in [1.29, 1.82) is 0 Å². The fourth-order valence-electron chi connectivity index (χ4n) is 1.28. The van der Waals surface area contributed by atoms with Crippen molar-refractivity contribution in [2.24, 2.45) is 0 Å². The lowest BCUT2D eigenvalue weighted by Crippen LogP contribution is -2.49. The first-order valence-corrected chi connectivity index (χ1v) is 6.73. The van der Waals surface area contributed by atoms with Gasteiger partial charge in [-0.15, -0.1) is 11.8 Å². The molecule has 1 amide bonds. The summed E-state index contributed by atoms with van der Waals surface area (Å²) in [6, 6.07) is 6.32. The fraction of sp³-hybridized carbons (Fsp3) is 0.385. The van der Waals surface area contributed by atoms with Crippen molar-refractivity contribution in [3.63, 3.8) is 0 Å². The maximum atomic E-state index is 13.3. The first-order valence-electron chi connectivity index (χ1n) is 5.74. The molecule has 0 atom stereocenters. The first kappa shape index (κ1) is 15.5. The number of halogens is 1.